The van der Waals surface area contributed by atoms with Gasteiger partial charge in [-0.25, -0.2) is 0 Å². The lowest BCUT2D eigenvalue weighted by molar-refractivity contribution is -0.0237. The molecule has 23 heavy (non-hydrogen) atoms. The van der Waals surface area contributed by atoms with Crippen LogP contribution >= 0.6 is 11.6 Å². The van der Waals surface area contributed by atoms with E-state index in [1.165, 1.54) is 0 Å². The number of halogens is 1. The summed E-state index contributed by atoms with van der Waals surface area (Å²) in [5.41, 5.74) is -0.596. The van der Waals surface area contributed by atoms with Crippen molar-refractivity contribution in [3.8, 4) is 5.75 Å². The predicted molar refractivity (Wildman–Crippen MR) is 94.4 cm³/mol. The van der Waals surface area contributed by atoms with E-state index in [0.717, 1.165) is 37.5 Å². The maximum absolute atomic E-state index is 10.2. The maximum atomic E-state index is 10.2. The van der Waals surface area contributed by atoms with Crippen LogP contribution in [0.4, 0.5) is 0 Å². The molecule has 6 heteroatoms. The number of hydrogen-bond acceptors (Lipinski definition) is 3. The first kappa shape index (κ1) is 17.9. The molecular weight excluding hydrogens is 314 g/mol. The van der Waals surface area contributed by atoms with E-state index in [1.807, 2.05) is 43.1 Å². The number of rotatable bonds is 7. The zero-order chi connectivity index (χ0) is 16.7. The summed E-state index contributed by atoms with van der Waals surface area (Å²) >= 11 is 5.85. The number of aliphatic hydroxyl groups is 1. The van der Waals surface area contributed by atoms with Crippen molar-refractivity contribution in [2.75, 3.05) is 33.3 Å². The van der Waals surface area contributed by atoms with E-state index in [0.29, 0.717) is 24.7 Å². The number of likely N-dealkylation sites (N-methyl/N-ethyl adjacent to an activating group) is 1. The molecule has 1 aliphatic rings. The molecule has 0 spiro atoms. The molecule has 0 atom stereocenters. The van der Waals surface area contributed by atoms with Crippen LogP contribution in [-0.2, 0) is 0 Å². The molecule has 1 saturated carbocycles. The highest BCUT2D eigenvalue weighted by Gasteiger charge is 2.34. The number of nitrogens with zero attached hydrogens (tertiary/aromatic N) is 2. The van der Waals surface area contributed by atoms with Gasteiger partial charge in [-0.3, -0.25) is 4.99 Å². The normalized spacial score (nSPS) is 16.6. The second-order valence-corrected chi connectivity index (χ2v) is 6.41. The molecule has 0 aliphatic heterocycles. The van der Waals surface area contributed by atoms with Crippen molar-refractivity contribution in [3.63, 3.8) is 0 Å². The Hall–Kier alpha value is -1.46. The molecule has 0 unspecified atom stereocenters. The summed E-state index contributed by atoms with van der Waals surface area (Å²) in [6.45, 7) is 4.53. The summed E-state index contributed by atoms with van der Waals surface area (Å²) in [7, 11) is 1.97. The Morgan fingerprint density at radius 1 is 1.39 bits per heavy atom. The monoisotopic (exact) mass is 339 g/mol. The fraction of sp³-hybridized carbons (Fsp3) is 0.588. The van der Waals surface area contributed by atoms with Crippen LogP contribution < -0.4 is 10.1 Å². The van der Waals surface area contributed by atoms with Crippen LogP contribution in [0.15, 0.2) is 29.3 Å². The highest BCUT2D eigenvalue weighted by atomic mass is 35.5. The van der Waals surface area contributed by atoms with Crippen LogP contribution in [-0.4, -0.2) is 54.9 Å². The number of guanidine groups is 1. The molecule has 0 aromatic heterocycles. The summed E-state index contributed by atoms with van der Waals surface area (Å²) in [5, 5.41) is 14.1. The van der Waals surface area contributed by atoms with Crippen LogP contribution in [0.3, 0.4) is 0 Å². The van der Waals surface area contributed by atoms with E-state index in [9.17, 15) is 5.11 Å². The molecule has 1 aromatic rings. The summed E-state index contributed by atoms with van der Waals surface area (Å²) in [4.78, 5) is 6.57. The zero-order valence-corrected chi connectivity index (χ0v) is 14.6. The van der Waals surface area contributed by atoms with E-state index in [-0.39, 0.29) is 0 Å². The Balaban J connectivity index is 1.81. The van der Waals surface area contributed by atoms with E-state index >= 15 is 0 Å². The molecule has 1 aromatic carbocycles. The number of nitrogens with one attached hydrogen (secondary N) is 1. The summed E-state index contributed by atoms with van der Waals surface area (Å²) in [6, 6.07) is 7.33. The summed E-state index contributed by atoms with van der Waals surface area (Å²) in [5.74, 6) is 1.60. The van der Waals surface area contributed by atoms with Gasteiger partial charge in [0.2, 0.25) is 0 Å². The van der Waals surface area contributed by atoms with Crippen molar-refractivity contribution in [2.45, 2.75) is 31.8 Å². The zero-order valence-electron chi connectivity index (χ0n) is 13.9. The average Bonchev–Trinajstić information content (AvgIpc) is 2.51. The van der Waals surface area contributed by atoms with Gasteiger partial charge in [-0.2, -0.15) is 0 Å². The molecule has 128 valence electrons. The Morgan fingerprint density at radius 2 is 2.09 bits per heavy atom. The lowest BCUT2D eigenvalue weighted by Gasteiger charge is -2.35. The van der Waals surface area contributed by atoms with E-state index < -0.39 is 5.60 Å². The Labute approximate surface area is 143 Å². The fourth-order valence-corrected chi connectivity index (χ4v) is 2.50. The van der Waals surface area contributed by atoms with Crippen LogP contribution in [0.5, 0.6) is 5.75 Å². The van der Waals surface area contributed by atoms with Gasteiger partial charge in [-0.05, 0) is 50.5 Å². The van der Waals surface area contributed by atoms with Crippen LogP contribution in [0.2, 0.25) is 5.02 Å². The van der Waals surface area contributed by atoms with Crippen molar-refractivity contribution in [1.29, 1.82) is 0 Å². The SMILES string of the molecule is CCNC(=NCC1(O)CCC1)N(C)CCOc1ccc(Cl)cc1. The van der Waals surface area contributed by atoms with Gasteiger partial charge < -0.3 is 20.1 Å². The maximum Gasteiger partial charge on any atom is 0.193 e. The Bertz CT molecular complexity index is 515. The van der Waals surface area contributed by atoms with Crippen molar-refractivity contribution in [2.24, 2.45) is 4.99 Å². The van der Waals surface area contributed by atoms with Gasteiger partial charge in [0, 0.05) is 18.6 Å². The Morgan fingerprint density at radius 3 is 2.65 bits per heavy atom. The molecule has 0 radical (unpaired) electrons. The third-order valence-corrected chi connectivity index (χ3v) is 4.26. The molecule has 1 fully saturated rings. The minimum atomic E-state index is -0.596. The van der Waals surface area contributed by atoms with Gasteiger partial charge >= 0.3 is 0 Å². The van der Waals surface area contributed by atoms with Crippen molar-refractivity contribution < 1.29 is 9.84 Å². The molecule has 0 bridgehead atoms. The first-order valence-electron chi connectivity index (χ1n) is 8.12. The van der Waals surface area contributed by atoms with E-state index in [4.69, 9.17) is 16.3 Å². The van der Waals surface area contributed by atoms with Gasteiger partial charge in [0.05, 0.1) is 18.7 Å². The van der Waals surface area contributed by atoms with E-state index in [1.54, 1.807) is 0 Å². The summed E-state index contributed by atoms with van der Waals surface area (Å²) in [6.07, 6.45) is 2.78. The van der Waals surface area contributed by atoms with Crippen LogP contribution in [0, 0.1) is 0 Å². The smallest absolute Gasteiger partial charge is 0.193 e. The van der Waals surface area contributed by atoms with E-state index in [2.05, 4.69) is 10.3 Å². The highest BCUT2D eigenvalue weighted by molar-refractivity contribution is 6.30. The predicted octanol–water partition coefficient (Wildman–Crippen LogP) is 2.53. The van der Waals surface area contributed by atoms with Crippen LogP contribution in [0.25, 0.3) is 0 Å². The number of hydrogen-bond donors (Lipinski definition) is 2. The molecule has 0 saturated heterocycles. The number of aliphatic imine (C=N–C) groups is 1. The third-order valence-electron chi connectivity index (χ3n) is 4.01. The first-order chi connectivity index (χ1) is 11.0. The second kappa shape index (κ2) is 8.41. The van der Waals surface area contributed by atoms with Crippen LogP contribution in [0.1, 0.15) is 26.2 Å². The Kier molecular flexibility index (Phi) is 6.54. The largest absolute Gasteiger partial charge is 0.492 e. The van der Waals surface area contributed by atoms with Gasteiger partial charge in [0.1, 0.15) is 12.4 Å². The minimum absolute atomic E-state index is 0.456. The molecule has 5 nitrogen and oxygen atoms in total. The molecule has 2 rings (SSSR count). The molecule has 0 amide bonds. The topological polar surface area (TPSA) is 57.1 Å². The summed E-state index contributed by atoms with van der Waals surface area (Å²) < 4.78 is 5.71. The molecule has 1 aliphatic carbocycles. The fourth-order valence-electron chi connectivity index (χ4n) is 2.37. The minimum Gasteiger partial charge on any atom is -0.492 e. The standard InChI is InChI=1S/C17H26ClN3O2/c1-3-19-16(20-13-17(22)9-4-10-17)21(2)11-12-23-15-7-5-14(18)6-8-15/h5-8,22H,3-4,9-13H2,1-2H3,(H,19,20). The molecule has 2 N–H and O–H groups in total. The molecular formula is C17H26ClN3O2. The highest BCUT2D eigenvalue weighted by Crippen LogP contribution is 2.31. The first-order valence-corrected chi connectivity index (χ1v) is 8.50. The van der Waals surface area contributed by atoms with Crippen molar-refractivity contribution >= 4 is 17.6 Å². The quantitative estimate of drug-likeness (QED) is 0.592. The third kappa shape index (κ3) is 5.59. The lowest BCUT2D eigenvalue weighted by Crippen LogP contribution is -2.44. The second-order valence-electron chi connectivity index (χ2n) is 5.97. The van der Waals surface area contributed by atoms with Gasteiger partial charge in [0.15, 0.2) is 5.96 Å². The number of benzene rings is 1. The van der Waals surface area contributed by atoms with Crippen molar-refractivity contribution in [3.05, 3.63) is 29.3 Å². The number of ether oxygens (including phenoxy) is 1. The van der Waals surface area contributed by atoms with Gasteiger partial charge in [-0.1, -0.05) is 11.6 Å². The van der Waals surface area contributed by atoms with Gasteiger partial charge in [0.25, 0.3) is 0 Å². The lowest BCUT2D eigenvalue weighted by atomic mass is 9.80. The molecule has 0 heterocycles. The van der Waals surface area contributed by atoms with Gasteiger partial charge in [-0.15, -0.1) is 0 Å². The average molecular weight is 340 g/mol. The van der Waals surface area contributed by atoms with Crippen molar-refractivity contribution in [1.82, 2.24) is 10.2 Å².